The molecule has 0 spiro atoms. The summed E-state index contributed by atoms with van der Waals surface area (Å²) in [6.45, 7) is 1.48. The summed E-state index contributed by atoms with van der Waals surface area (Å²) >= 11 is 6.03. The maximum atomic E-state index is 12.7. The fourth-order valence-corrected chi connectivity index (χ4v) is 3.75. The Bertz CT molecular complexity index is 1020. The zero-order chi connectivity index (χ0) is 20.2. The van der Waals surface area contributed by atoms with Crippen molar-refractivity contribution in [3.8, 4) is 0 Å². The molecule has 29 heavy (non-hydrogen) atoms. The molecule has 2 amide bonds. The van der Waals surface area contributed by atoms with Gasteiger partial charge >= 0.3 is 0 Å². The molecule has 2 aromatic carbocycles. The van der Waals surface area contributed by atoms with E-state index in [-0.39, 0.29) is 24.2 Å². The summed E-state index contributed by atoms with van der Waals surface area (Å²) < 4.78 is 1.99. The van der Waals surface area contributed by atoms with Crippen LogP contribution in [0.4, 0.5) is 5.69 Å². The summed E-state index contributed by atoms with van der Waals surface area (Å²) in [6.07, 6.45) is 5.62. The van der Waals surface area contributed by atoms with Gasteiger partial charge in [-0.1, -0.05) is 41.9 Å². The van der Waals surface area contributed by atoms with Crippen LogP contribution in [0.3, 0.4) is 0 Å². The van der Waals surface area contributed by atoms with Crippen LogP contribution in [-0.4, -0.2) is 27.9 Å². The van der Waals surface area contributed by atoms with Gasteiger partial charge in [-0.2, -0.15) is 0 Å². The predicted octanol–water partition coefficient (Wildman–Crippen LogP) is 3.25. The number of amides is 2. The van der Waals surface area contributed by atoms with Crippen LogP contribution in [0.25, 0.3) is 0 Å². The van der Waals surface area contributed by atoms with E-state index in [4.69, 9.17) is 11.6 Å². The van der Waals surface area contributed by atoms with E-state index < -0.39 is 0 Å². The van der Waals surface area contributed by atoms with Crippen molar-refractivity contribution in [2.24, 2.45) is 5.92 Å². The molecule has 1 atom stereocenters. The third kappa shape index (κ3) is 4.49. The first-order valence-corrected chi connectivity index (χ1v) is 9.84. The van der Waals surface area contributed by atoms with Gasteiger partial charge in [0.25, 0.3) is 0 Å². The van der Waals surface area contributed by atoms with Crippen LogP contribution in [-0.2, 0) is 22.7 Å². The molecular weight excluding hydrogens is 388 g/mol. The molecule has 1 aromatic heterocycles. The number of nitrogens with zero attached hydrogens (tertiary/aromatic N) is 3. The summed E-state index contributed by atoms with van der Waals surface area (Å²) in [5.74, 6) is -0.546. The maximum absolute atomic E-state index is 12.7. The molecule has 2 heterocycles. The number of rotatable bonds is 6. The van der Waals surface area contributed by atoms with Crippen molar-refractivity contribution < 1.29 is 9.59 Å². The van der Waals surface area contributed by atoms with E-state index >= 15 is 0 Å². The van der Waals surface area contributed by atoms with Gasteiger partial charge in [0, 0.05) is 49.2 Å². The molecule has 0 aliphatic carbocycles. The summed E-state index contributed by atoms with van der Waals surface area (Å²) in [6, 6.07) is 15.1. The monoisotopic (exact) mass is 408 g/mol. The zero-order valence-electron chi connectivity index (χ0n) is 15.8. The normalized spacial score (nSPS) is 16.2. The Hall–Kier alpha value is -3.12. The Morgan fingerprint density at radius 1 is 1.17 bits per heavy atom. The minimum absolute atomic E-state index is 0.0621. The van der Waals surface area contributed by atoms with Gasteiger partial charge in [0.2, 0.25) is 11.8 Å². The van der Waals surface area contributed by atoms with E-state index in [0.717, 1.165) is 16.8 Å². The average Bonchev–Trinajstić information content (AvgIpc) is 3.37. The van der Waals surface area contributed by atoms with Crippen molar-refractivity contribution in [3.05, 3.63) is 83.4 Å². The van der Waals surface area contributed by atoms with Gasteiger partial charge in [-0.25, -0.2) is 4.98 Å². The number of carbonyl (C=O) groups excluding carboxylic acids is 2. The van der Waals surface area contributed by atoms with Crippen LogP contribution < -0.4 is 10.2 Å². The standard InChI is InChI=1S/C22H21ClN4O2/c23-19-6-3-7-20(11-19)27-14-18(10-21(27)28)22(29)25-12-16-4-1-2-5-17(16)13-26-9-8-24-15-26/h1-9,11,15,18H,10,12-14H2,(H,25,29). The number of anilines is 1. The van der Waals surface area contributed by atoms with E-state index in [1.54, 1.807) is 35.6 Å². The quantitative estimate of drug-likeness (QED) is 0.680. The molecule has 148 valence electrons. The lowest BCUT2D eigenvalue weighted by Crippen LogP contribution is -2.32. The fourth-order valence-electron chi connectivity index (χ4n) is 3.56. The number of benzene rings is 2. The summed E-state index contributed by atoms with van der Waals surface area (Å²) in [5, 5.41) is 3.56. The second-order valence-electron chi connectivity index (χ2n) is 7.11. The third-order valence-electron chi connectivity index (χ3n) is 5.10. The summed E-state index contributed by atoms with van der Waals surface area (Å²) in [7, 11) is 0. The molecule has 0 radical (unpaired) electrons. The molecule has 0 bridgehead atoms. The number of hydrogen-bond acceptors (Lipinski definition) is 3. The van der Waals surface area contributed by atoms with Crippen molar-refractivity contribution >= 4 is 29.1 Å². The third-order valence-corrected chi connectivity index (χ3v) is 5.33. The Labute approximate surface area is 174 Å². The van der Waals surface area contributed by atoms with Crippen molar-refractivity contribution in [2.75, 3.05) is 11.4 Å². The van der Waals surface area contributed by atoms with Gasteiger partial charge in [0.15, 0.2) is 0 Å². The van der Waals surface area contributed by atoms with Crippen LogP contribution in [0.15, 0.2) is 67.3 Å². The first-order valence-electron chi connectivity index (χ1n) is 9.46. The van der Waals surface area contributed by atoms with Crippen LogP contribution in [0.2, 0.25) is 5.02 Å². The highest BCUT2D eigenvalue weighted by atomic mass is 35.5. The van der Waals surface area contributed by atoms with Crippen LogP contribution in [0, 0.1) is 5.92 Å². The van der Waals surface area contributed by atoms with E-state index in [9.17, 15) is 9.59 Å². The van der Waals surface area contributed by atoms with Crippen molar-refractivity contribution in [1.82, 2.24) is 14.9 Å². The first-order chi connectivity index (χ1) is 14.1. The van der Waals surface area contributed by atoms with Gasteiger partial charge in [-0.05, 0) is 29.3 Å². The molecule has 1 aliphatic rings. The molecule has 4 rings (SSSR count). The molecule has 1 saturated heterocycles. The van der Waals surface area contributed by atoms with E-state index in [1.165, 1.54) is 0 Å². The predicted molar refractivity (Wildman–Crippen MR) is 112 cm³/mol. The van der Waals surface area contributed by atoms with Crippen LogP contribution in [0.5, 0.6) is 0 Å². The summed E-state index contributed by atoms with van der Waals surface area (Å²) in [5.41, 5.74) is 2.89. The number of imidazole rings is 1. The molecule has 1 N–H and O–H groups in total. The Morgan fingerprint density at radius 3 is 2.76 bits per heavy atom. The molecule has 1 aliphatic heterocycles. The molecule has 0 saturated carbocycles. The first kappa shape index (κ1) is 19.2. The minimum atomic E-state index is -0.373. The molecule has 6 nitrogen and oxygen atoms in total. The van der Waals surface area contributed by atoms with E-state index in [0.29, 0.717) is 24.7 Å². The van der Waals surface area contributed by atoms with Gasteiger partial charge in [-0.3, -0.25) is 9.59 Å². The number of nitrogens with one attached hydrogen (secondary N) is 1. The average molecular weight is 409 g/mol. The summed E-state index contributed by atoms with van der Waals surface area (Å²) in [4.78, 5) is 30.8. The van der Waals surface area contributed by atoms with Crippen molar-refractivity contribution in [3.63, 3.8) is 0 Å². The Balaban J connectivity index is 1.39. The highest BCUT2D eigenvalue weighted by Crippen LogP contribution is 2.27. The van der Waals surface area contributed by atoms with Crippen LogP contribution in [0.1, 0.15) is 17.5 Å². The zero-order valence-corrected chi connectivity index (χ0v) is 16.5. The molecule has 1 fully saturated rings. The highest BCUT2D eigenvalue weighted by molar-refractivity contribution is 6.31. The van der Waals surface area contributed by atoms with Crippen molar-refractivity contribution in [1.29, 1.82) is 0 Å². The lowest BCUT2D eigenvalue weighted by molar-refractivity contribution is -0.126. The van der Waals surface area contributed by atoms with Gasteiger partial charge in [-0.15, -0.1) is 0 Å². The van der Waals surface area contributed by atoms with Gasteiger partial charge in [0.05, 0.1) is 12.2 Å². The lowest BCUT2D eigenvalue weighted by Gasteiger charge is -2.17. The number of hydrogen-bond donors (Lipinski definition) is 1. The highest BCUT2D eigenvalue weighted by Gasteiger charge is 2.35. The Morgan fingerprint density at radius 2 is 2.00 bits per heavy atom. The van der Waals surface area contributed by atoms with Gasteiger partial charge < -0.3 is 14.8 Å². The lowest BCUT2D eigenvalue weighted by atomic mass is 10.1. The second kappa shape index (κ2) is 8.49. The van der Waals surface area contributed by atoms with E-state index in [2.05, 4.69) is 10.3 Å². The SMILES string of the molecule is O=C(NCc1ccccc1Cn1ccnc1)C1CC(=O)N(c2cccc(Cl)c2)C1. The maximum Gasteiger partial charge on any atom is 0.227 e. The topological polar surface area (TPSA) is 67.2 Å². The Kier molecular flexibility index (Phi) is 5.62. The van der Waals surface area contributed by atoms with Crippen molar-refractivity contribution in [2.45, 2.75) is 19.5 Å². The van der Waals surface area contributed by atoms with E-state index in [1.807, 2.05) is 41.1 Å². The molecule has 3 aromatic rings. The number of aromatic nitrogens is 2. The molecular formula is C22H21ClN4O2. The largest absolute Gasteiger partial charge is 0.352 e. The number of carbonyl (C=O) groups is 2. The molecule has 7 heteroatoms. The minimum Gasteiger partial charge on any atom is -0.352 e. The smallest absolute Gasteiger partial charge is 0.227 e. The second-order valence-corrected chi connectivity index (χ2v) is 7.54. The van der Waals surface area contributed by atoms with Gasteiger partial charge in [0.1, 0.15) is 0 Å². The fraction of sp³-hybridized carbons (Fsp3) is 0.227. The van der Waals surface area contributed by atoms with Crippen LogP contribution >= 0.6 is 11.6 Å². The molecule has 1 unspecified atom stereocenters. The number of halogens is 1.